The molecule has 6 aromatic carbocycles. The molecule has 0 saturated heterocycles. The fourth-order valence-electron chi connectivity index (χ4n) is 7.89. The van der Waals surface area contributed by atoms with Crippen molar-refractivity contribution in [2.45, 2.75) is 31.8 Å². The predicted molar refractivity (Wildman–Crippen MR) is 212 cm³/mol. The summed E-state index contributed by atoms with van der Waals surface area (Å²) in [5.41, 5.74) is 12.3. The molecule has 0 radical (unpaired) electrons. The molecule has 7 aromatic rings. The van der Waals surface area contributed by atoms with Crippen LogP contribution in [0.25, 0.3) is 61.0 Å². The first-order valence-electron chi connectivity index (χ1n) is 17.9. The first-order valence-corrected chi connectivity index (χ1v) is 17.9. The lowest BCUT2D eigenvalue weighted by atomic mass is 9.88. The summed E-state index contributed by atoms with van der Waals surface area (Å²) in [4.78, 5) is 10.4. The second-order valence-electron chi connectivity index (χ2n) is 13.6. The molecule has 0 spiro atoms. The number of furan rings is 1. The van der Waals surface area contributed by atoms with Crippen LogP contribution in [0.3, 0.4) is 0 Å². The monoisotopic (exact) mass is 657 g/mol. The largest absolute Gasteiger partial charge is 0.456 e. The Bertz CT molecular complexity index is 2670. The van der Waals surface area contributed by atoms with Gasteiger partial charge in [-0.15, -0.1) is 0 Å². The van der Waals surface area contributed by atoms with Crippen molar-refractivity contribution >= 4 is 50.5 Å². The molecule has 2 aliphatic carbocycles. The number of nitrogens with zero attached hydrogens (tertiary/aromatic N) is 2. The highest BCUT2D eigenvalue weighted by Gasteiger charge is 2.27. The number of nitrogens with one attached hydrogen (secondary N) is 1. The van der Waals surface area contributed by atoms with Crippen LogP contribution in [0.15, 0.2) is 166 Å². The molecule has 4 heteroatoms. The van der Waals surface area contributed by atoms with Gasteiger partial charge in [0.1, 0.15) is 17.0 Å². The maximum absolute atomic E-state index is 6.83. The zero-order valence-corrected chi connectivity index (χ0v) is 28.1. The molecular weight excluding hydrogens is 623 g/mol. The summed E-state index contributed by atoms with van der Waals surface area (Å²) in [5, 5.41) is 8.30. The van der Waals surface area contributed by atoms with Crippen LogP contribution in [0.1, 0.15) is 47.7 Å². The van der Waals surface area contributed by atoms with Crippen molar-refractivity contribution < 1.29 is 4.42 Å². The molecule has 0 saturated carbocycles. The average Bonchev–Trinajstić information content (AvgIpc) is 3.60. The number of hydrogen-bond acceptors (Lipinski definition) is 4. The lowest BCUT2D eigenvalue weighted by molar-refractivity contribution is 0.629. The Labute approximate surface area is 296 Å². The van der Waals surface area contributed by atoms with Gasteiger partial charge in [-0.3, -0.25) is 0 Å². The van der Waals surface area contributed by atoms with Gasteiger partial charge in [-0.2, -0.15) is 0 Å². The van der Waals surface area contributed by atoms with Gasteiger partial charge in [-0.25, -0.2) is 9.98 Å². The summed E-state index contributed by atoms with van der Waals surface area (Å²) < 4.78 is 6.83. The summed E-state index contributed by atoms with van der Waals surface area (Å²) in [6.07, 6.45) is 15.0. The van der Waals surface area contributed by atoms with Crippen LogP contribution in [-0.2, 0) is 6.42 Å². The van der Waals surface area contributed by atoms with Gasteiger partial charge in [0.15, 0.2) is 12.0 Å². The second kappa shape index (κ2) is 12.3. The zero-order valence-electron chi connectivity index (χ0n) is 28.1. The van der Waals surface area contributed by atoms with Crippen molar-refractivity contribution in [2.24, 2.45) is 9.98 Å². The molecule has 10 rings (SSSR count). The first kappa shape index (κ1) is 29.6. The molecule has 2 heterocycles. The quantitative estimate of drug-likeness (QED) is 0.200. The van der Waals surface area contributed by atoms with Crippen LogP contribution in [0, 0.1) is 0 Å². The van der Waals surface area contributed by atoms with Gasteiger partial charge < -0.3 is 9.73 Å². The van der Waals surface area contributed by atoms with Gasteiger partial charge in [0.05, 0.1) is 0 Å². The summed E-state index contributed by atoms with van der Waals surface area (Å²) in [7, 11) is 0. The number of amidine groups is 2. The summed E-state index contributed by atoms with van der Waals surface area (Å²) in [5.74, 6) is 1.53. The van der Waals surface area contributed by atoms with Crippen LogP contribution in [-0.4, -0.2) is 11.7 Å². The molecule has 244 valence electrons. The van der Waals surface area contributed by atoms with Gasteiger partial charge in [0.25, 0.3) is 0 Å². The van der Waals surface area contributed by atoms with Gasteiger partial charge in [-0.1, -0.05) is 127 Å². The number of aliphatic imine (C=N–C) groups is 2. The van der Waals surface area contributed by atoms with Crippen molar-refractivity contribution in [3.05, 3.63) is 173 Å². The topological polar surface area (TPSA) is 49.9 Å². The highest BCUT2D eigenvalue weighted by molar-refractivity contribution is 6.20. The van der Waals surface area contributed by atoms with Gasteiger partial charge in [0, 0.05) is 27.5 Å². The van der Waals surface area contributed by atoms with E-state index >= 15 is 0 Å². The molecule has 1 aromatic heterocycles. The van der Waals surface area contributed by atoms with E-state index in [9.17, 15) is 0 Å². The Morgan fingerprint density at radius 1 is 0.647 bits per heavy atom. The van der Waals surface area contributed by atoms with Crippen LogP contribution in [0.4, 0.5) is 0 Å². The first-order chi connectivity index (χ1) is 25.3. The van der Waals surface area contributed by atoms with Crippen LogP contribution < -0.4 is 5.32 Å². The maximum Gasteiger partial charge on any atom is 0.159 e. The summed E-state index contributed by atoms with van der Waals surface area (Å²) in [6.45, 7) is 0. The number of rotatable bonds is 5. The van der Waals surface area contributed by atoms with Crippen LogP contribution in [0.5, 0.6) is 0 Å². The van der Waals surface area contributed by atoms with E-state index in [1.165, 1.54) is 33.0 Å². The van der Waals surface area contributed by atoms with E-state index in [-0.39, 0.29) is 0 Å². The standard InChI is InChI=1S/C47H35N3O/c1-3-15-32(16-4-1)45-48-46(33-17-5-2-6-18-33)50-47(49-45)41-29-36(28-40-43-39-23-10-8-14-31(39)25-26-42(43)51-44(40)41)34-20-11-21-35(27-34)38-24-12-19-30-13-7-9-22-37(30)38/h1,3-5,8-12,14-29,47H,2,6-7,13H2,(H,48,49,50). The molecule has 1 atom stereocenters. The molecule has 0 amide bonds. The van der Waals surface area contributed by atoms with Gasteiger partial charge in [-0.05, 0) is 94.1 Å². The molecule has 51 heavy (non-hydrogen) atoms. The number of fused-ring (bicyclic) bond motifs is 6. The smallest absolute Gasteiger partial charge is 0.159 e. The molecule has 0 bridgehead atoms. The van der Waals surface area contributed by atoms with Crippen LogP contribution >= 0.6 is 0 Å². The minimum atomic E-state index is -0.423. The Kier molecular flexibility index (Phi) is 7.12. The Hall–Kier alpha value is -6.26. The lowest BCUT2D eigenvalue weighted by Crippen LogP contribution is -2.33. The number of allylic oxidation sites excluding steroid dienone is 3. The average molecular weight is 658 g/mol. The van der Waals surface area contributed by atoms with Gasteiger partial charge >= 0.3 is 0 Å². The SMILES string of the molecule is C1=CC(C2=NC(c3cc(-c4cccc(-c5cccc6c5C=CCC6)c4)cc4c3oc3ccc5ccccc5c34)NC(c3ccccc3)=N2)=CCC1. The zero-order chi connectivity index (χ0) is 33.7. The summed E-state index contributed by atoms with van der Waals surface area (Å²) in [6, 6.07) is 43.4. The number of hydrogen-bond donors (Lipinski definition) is 1. The third-order valence-corrected chi connectivity index (χ3v) is 10.4. The van der Waals surface area contributed by atoms with E-state index in [0.29, 0.717) is 0 Å². The summed E-state index contributed by atoms with van der Waals surface area (Å²) >= 11 is 0. The van der Waals surface area contributed by atoms with Crippen molar-refractivity contribution in [1.29, 1.82) is 0 Å². The fraction of sp³-hybridized carbons (Fsp3) is 0.106. The maximum atomic E-state index is 6.83. The van der Waals surface area contributed by atoms with E-state index < -0.39 is 6.17 Å². The van der Waals surface area contributed by atoms with E-state index in [0.717, 1.165) is 87.1 Å². The molecule has 1 N–H and O–H groups in total. The number of benzene rings is 6. The van der Waals surface area contributed by atoms with Crippen molar-refractivity contribution in [1.82, 2.24) is 5.32 Å². The Morgan fingerprint density at radius 2 is 1.49 bits per heavy atom. The second-order valence-corrected chi connectivity index (χ2v) is 13.6. The minimum absolute atomic E-state index is 0.423. The van der Waals surface area contributed by atoms with Crippen molar-refractivity contribution in [3.8, 4) is 22.3 Å². The normalized spacial score (nSPS) is 16.9. The van der Waals surface area contributed by atoms with Crippen molar-refractivity contribution in [2.75, 3.05) is 0 Å². The Morgan fingerprint density at radius 3 is 2.41 bits per heavy atom. The van der Waals surface area contributed by atoms with Crippen molar-refractivity contribution in [3.63, 3.8) is 0 Å². The molecule has 4 nitrogen and oxygen atoms in total. The third kappa shape index (κ3) is 5.23. The third-order valence-electron chi connectivity index (χ3n) is 10.4. The van der Waals surface area contributed by atoms with E-state index in [4.69, 9.17) is 14.4 Å². The lowest BCUT2D eigenvalue weighted by Gasteiger charge is -2.25. The molecule has 1 unspecified atom stereocenters. The fourth-order valence-corrected chi connectivity index (χ4v) is 7.89. The van der Waals surface area contributed by atoms with E-state index in [2.05, 4.69) is 151 Å². The Balaban J connectivity index is 1.20. The molecule has 1 aliphatic heterocycles. The molecule has 0 fully saturated rings. The molecular formula is C47H35N3O. The molecule has 3 aliphatic rings. The minimum Gasteiger partial charge on any atom is -0.456 e. The van der Waals surface area contributed by atoms with E-state index in [1.807, 2.05) is 6.07 Å². The predicted octanol–water partition coefficient (Wildman–Crippen LogP) is 11.8. The highest BCUT2D eigenvalue weighted by atomic mass is 16.3. The number of aryl methyl sites for hydroxylation is 1. The van der Waals surface area contributed by atoms with Gasteiger partial charge in [0.2, 0.25) is 0 Å². The highest BCUT2D eigenvalue weighted by Crippen LogP contribution is 2.42. The van der Waals surface area contributed by atoms with E-state index in [1.54, 1.807) is 0 Å². The van der Waals surface area contributed by atoms with Crippen LogP contribution in [0.2, 0.25) is 0 Å².